The van der Waals surface area contributed by atoms with E-state index in [4.69, 9.17) is 13.8 Å². The Labute approximate surface area is 154 Å². The molecule has 0 aromatic heterocycles. The van der Waals surface area contributed by atoms with E-state index in [1.165, 1.54) is 0 Å². The first-order valence-electron chi connectivity index (χ1n) is 8.44. The van der Waals surface area contributed by atoms with Gasteiger partial charge in [0.25, 0.3) is 0 Å². The van der Waals surface area contributed by atoms with Crippen molar-refractivity contribution in [3.8, 4) is 0 Å². The van der Waals surface area contributed by atoms with E-state index in [1.54, 1.807) is 20.8 Å². The van der Waals surface area contributed by atoms with Crippen molar-refractivity contribution in [1.82, 2.24) is 0 Å². The normalized spacial score (nSPS) is 12.0. The van der Waals surface area contributed by atoms with Gasteiger partial charge < -0.3 is 13.8 Å². The highest BCUT2D eigenvalue weighted by molar-refractivity contribution is 7.54. The van der Waals surface area contributed by atoms with Crippen molar-refractivity contribution < 1.29 is 23.1 Å². The molecule has 2 rings (SSSR count). The molecule has 0 heterocycles. The van der Waals surface area contributed by atoms with Crippen LogP contribution in [0, 0.1) is 0 Å². The van der Waals surface area contributed by atoms with Crippen LogP contribution in [-0.2, 0) is 36.4 Å². The first-order valence-corrected chi connectivity index (χ1v) is 10.2. The Kier molecular flexibility index (Phi) is 7.15. The first-order chi connectivity index (χ1) is 12.3. The molecule has 26 heavy (non-hydrogen) atoms. The van der Waals surface area contributed by atoms with Crippen LogP contribution < -0.4 is 0 Å². The van der Waals surface area contributed by atoms with Crippen molar-refractivity contribution in [2.24, 2.45) is 0 Å². The molecule has 0 fully saturated rings. The molecule has 2 aromatic rings. The van der Waals surface area contributed by atoms with E-state index in [-0.39, 0.29) is 13.2 Å². The van der Waals surface area contributed by atoms with Crippen molar-refractivity contribution >= 4 is 13.6 Å². The van der Waals surface area contributed by atoms with Gasteiger partial charge in [-0.05, 0) is 31.9 Å². The summed E-state index contributed by atoms with van der Waals surface area (Å²) in [7, 11) is -3.67. The van der Waals surface area contributed by atoms with Gasteiger partial charge in [-0.1, -0.05) is 60.7 Å². The van der Waals surface area contributed by atoms with Gasteiger partial charge in [-0.15, -0.1) is 0 Å². The monoisotopic (exact) mass is 376 g/mol. The quantitative estimate of drug-likeness (QED) is 0.482. The van der Waals surface area contributed by atoms with Crippen molar-refractivity contribution in [2.75, 3.05) is 6.16 Å². The van der Waals surface area contributed by atoms with Crippen molar-refractivity contribution in [3.63, 3.8) is 0 Å². The van der Waals surface area contributed by atoms with Gasteiger partial charge in [0.2, 0.25) is 0 Å². The van der Waals surface area contributed by atoms with Gasteiger partial charge in [0.15, 0.2) is 0 Å². The Morgan fingerprint density at radius 2 is 1.27 bits per heavy atom. The average molecular weight is 376 g/mol. The van der Waals surface area contributed by atoms with Crippen LogP contribution in [0.25, 0.3) is 0 Å². The average Bonchev–Trinajstić information content (AvgIpc) is 2.59. The number of carbonyl (C=O) groups is 1. The summed E-state index contributed by atoms with van der Waals surface area (Å²) in [6.07, 6.45) is -0.427. The van der Waals surface area contributed by atoms with Gasteiger partial charge in [0, 0.05) is 0 Å². The maximum absolute atomic E-state index is 13.1. The second-order valence-electron chi connectivity index (χ2n) is 6.87. The van der Waals surface area contributed by atoms with Crippen LogP contribution >= 0.6 is 7.60 Å². The highest BCUT2D eigenvalue weighted by Gasteiger charge is 2.31. The Hall–Kier alpha value is -1.94. The second-order valence-corrected chi connectivity index (χ2v) is 8.93. The minimum absolute atomic E-state index is 0.0930. The molecule has 0 radical (unpaired) electrons. The summed E-state index contributed by atoms with van der Waals surface area (Å²) in [5.41, 5.74) is 1.03. The molecule has 2 aromatic carbocycles. The fourth-order valence-electron chi connectivity index (χ4n) is 2.15. The number of carbonyl (C=O) groups excluding carboxylic acids is 1. The zero-order chi connectivity index (χ0) is 19.0. The lowest BCUT2D eigenvalue weighted by Gasteiger charge is -2.22. The molecule has 0 N–H and O–H groups in total. The van der Waals surface area contributed by atoms with E-state index < -0.39 is 25.3 Å². The topological polar surface area (TPSA) is 61.8 Å². The highest BCUT2D eigenvalue weighted by Crippen LogP contribution is 2.49. The number of benzene rings is 2. The van der Waals surface area contributed by atoms with Crippen LogP contribution in [0.1, 0.15) is 31.9 Å². The molecule has 0 spiro atoms. The fourth-order valence-corrected chi connectivity index (χ4v) is 3.48. The van der Waals surface area contributed by atoms with Crippen molar-refractivity contribution in [1.29, 1.82) is 0 Å². The Balaban J connectivity index is 2.05. The van der Waals surface area contributed by atoms with Crippen LogP contribution in [0.4, 0.5) is 0 Å². The predicted molar refractivity (Wildman–Crippen MR) is 101 cm³/mol. The third-order valence-corrected chi connectivity index (χ3v) is 4.97. The van der Waals surface area contributed by atoms with Gasteiger partial charge in [-0.3, -0.25) is 9.36 Å². The number of ether oxygens (including phenoxy) is 1. The molecule has 6 heteroatoms. The lowest BCUT2D eigenvalue weighted by atomic mass is 10.2. The number of hydrogen-bond acceptors (Lipinski definition) is 5. The minimum atomic E-state index is -3.67. The van der Waals surface area contributed by atoms with E-state index in [0.717, 1.165) is 11.1 Å². The summed E-state index contributed by atoms with van der Waals surface area (Å²) >= 11 is 0. The molecule has 5 nitrogen and oxygen atoms in total. The molecule has 140 valence electrons. The molecule has 0 atom stereocenters. The second kappa shape index (κ2) is 9.13. The lowest BCUT2D eigenvalue weighted by Crippen LogP contribution is -2.26. The lowest BCUT2D eigenvalue weighted by molar-refractivity contribution is -0.151. The van der Waals surface area contributed by atoms with Gasteiger partial charge >= 0.3 is 13.6 Å². The molecular weight excluding hydrogens is 351 g/mol. The van der Waals surface area contributed by atoms with Gasteiger partial charge in [-0.25, -0.2) is 0 Å². The van der Waals surface area contributed by atoms with Crippen molar-refractivity contribution in [3.05, 3.63) is 71.8 Å². The third kappa shape index (κ3) is 7.52. The zero-order valence-corrected chi connectivity index (χ0v) is 16.3. The Morgan fingerprint density at radius 3 is 1.65 bits per heavy atom. The first kappa shape index (κ1) is 20.4. The molecule has 0 aliphatic rings. The molecule has 0 aliphatic carbocycles. The molecular formula is C20H25O5P. The standard InChI is InChI=1S/C20H25O5P/c1-20(2,3)25-19(21)16-26(22,23-14-17-10-6-4-7-11-17)24-15-18-12-8-5-9-13-18/h4-13H,14-16H2,1-3H3. The largest absolute Gasteiger partial charge is 0.459 e. The van der Waals surface area contributed by atoms with Crippen LogP contribution in [0.3, 0.4) is 0 Å². The van der Waals surface area contributed by atoms with Crippen LogP contribution in [0.2, 0.25) is 0 Å². The van der Waals surface area contributed by atoms with Crippen molar-refractivity contribution in [2.45, 2.75) is 39.6 Å². The predicted octanol–water partition coefficient (Wildman–Crippen LogP) is 4.95. The number of hydrogen-bond donors (Lipinski definition) is 0. The maximum Gasteiger partial charge on any atom is 0.342 e. The summed E-state index contributed by atoms with van der Waals surface area (Å²) in [5.74, 6) is -0.609. The smallest absolute Gasteiger partial charge is 0.342 e. The van der Waals surface area contributed by atoms with Crippen LogP contribution in [0.5, 0.6) is 0 Å². The van der Waals surface area contributed by atoms with E-state index in [2.05, 4.69) is 0 Å². The fraction of sp³-hybridized carbons (Fsp3) is 0.350. The summed E-state index contributed by atoms with van der Waals surface area (Å²) in [5, 5.41) is 0. The van der Waals surface area contributed by atoms with E-state index >= 15 is 0 Å². The van der Waals surface area contributed by atoms with Gasteiger partial charge in [0.05, 0.1) is 13.2 Å². The highest BCUT2D eigenvalue weighted by atomic mass is 31.2. The molecule has 0 aliphatic heterocycles. The maximum atomic E-state index is 13.1. The molecule has 0 amide bonds. The van der Waals surface area contributed by atoms with E-state index in [0.29, 0.717) is 0 Å². The SMILES string of the molecule is CC(C)(C)OC(=O)CP(=O)(OCc1ccccc1)OCc1ccccc1. The number of rotatable bonds is 8. The molecule has 0 bridgehead atoms. The minimum Gasteiger partial charge on any atom is -0.459 e. The third-order valence-electron chi connectivity index (χ3n) is 3.28. The number of esters is 1. The van der Waals surface area contributed by atoms with Crippen LogP contribution in [-0.4, -0.2) is 17.7 Å². The summed E-state index contributed by atoms with van der Waals surface area (Å²) in [4.78, 5) is 12.1. The summed E-state index contributed by atoms with van der Waals surface area (Å²) in [6, 6.07) is 18.6. The Bertz CT molecular complexity index is 690. The molecule has 0 unspecified atom stereocenters. The van der Waals surface area contributed by atoms with Gasteiger partial charge in [0.1, 0.15) is 11.8 Å². The van der Waals surface area contributed by atoms with Gasteiger partial charge in [-0.2, -0.15) is 0 Å². The van der Waals surface area contributed by atoms with Crippen LogP contribution in [0.15, 0.2) is 60.7 Å². The van der Waals surface area contributed by atoms with E-state index in [1.807, 2.05) is 60.7 Å². The zero-order valence-electron chi connectivity index (χ0n) is 15.4. The molecule has 0 saturated heterocycles. The Morgan fingerprint density at radius 1 is 0.846 bits per heavy atom. The summed E-state index contributed by atoms with van der Waals surface area (Å²) in [6.45, 7) is 5.45. The summed E-state index contributed by atoms with van der Waals surface area (Å²) < 4.78 is 29.5. The van der Waals surface area contributed by atoms with E-state index in [9.17, 15) is 9.36 Å². The molecule has 0 saturated carbocycles.